The molecule has 1 atom stereocenters. The standard InChI is InChI=1S/C16H18N4O4/c1-8(2)12(15-19-13(20-24-15)9-6-7-9)18-14(21)10-4-3-5-11(17-10)16(22)23/h3-5,8-9,12H,6-7H2,1-2H3,(H,18,21)(H,22,23)/t12-/m0/s1. The summed E-state index contributed by atoms with van der Waals surface area (Å²) >= 11 is 0. The van der Waals surface area contributed by atoms with E-state index in [4.69, 9.17) is 9.63 Å². The van der Waals surface area contributed by atoms with E-state index < -0.39 is 17.9 Å². The predicted octanol–water partition coefficient (Wildman–Crippen LogP) is 2.17. The molecular weight excluding hydrogens is 312 g/mol. The number of carboxylic acids is 1. The molecule has 1 amide bonds. The molecule has 1 aliphatic carbocycles. The number of aromatic nitrogens is 3. The third kappa shape index (κ3) is 3.42. The van der Waals surface area contributed by atoms with Crippen LogP contribution in [0.3, 0.4) is 0 Å². The number of hydrogen-bond acceptors (Lipinski definition) is 6. The van der Waals surface area contributed by atoms with E-state index in [1.54, 1.807) is 0 Å². The molecule has 2 aromatic heterocycles. The van der Waals surface area contributed by atoms with Gasteiger partial charge in [0.1, 0.15) is 17.4 Å². The lowest BCUT2D eigenvalue weighted by molar-refractivity contribution is 0.0690. The summed E-state index contributed by atoms with van der Waals surface area (Å²) in [7, 11) is 0. The van der Waals surface area contributed by atoms with Crippen molar-refractivity contribution >= 4 is 11.9 Å². The summed E-state index contributed by atoms with van der Waals surface area (Å²) in [6, 6.07) is 3.81. The van der Waals surface area contributed by atoms with Crippen molar-refractivity contribution in [2.45, 2.75) is 38.6 Å². The van der Waals surface area contributed by atoms with Gasteiger partial charge in [-0.25, -0.2) is 9.78 Å². The van der Waals surface area contributed by atoms with Gasteiger partial charge < -0.3 is 14.9 Å². The Balaban J connectivity index is 1.78. The Morgan fingerprint density at radius 3 is 2.58 bits per heavy atom. The Kier molecular flexibility index (Phi) is 4.28. The van der Waals surface area contributed by atoms with E-state index in [0.717, 1.165) is 12.8 Å². The van der Waals surface area contributed by atoms with Crippen LogP contribution in [0.5, 0.6) is 0 Å². The highest BCUT2D eigenvalue weighted by Gasteiger charge is 2.32. The molecule has 1 aliphatic rings. The van der Waals surface area contributed by atoms with Crippen molar-refractivity contribution in [2.24, 2.45) is 5.92 Å². The van der Waals surface area contributed by atoms with E-state index in [1.165, 1.54) is 18.2 Å². The Bertz CT molecular complexity index is 767. The number of nitrogens with zero attached hydrogens (tertiary/aromatic N) is 3. The first kappa shape index (κ1) is 16.1. The van der Waals surface area contributed by atoms with Crippen molar-refractivity contribution in [3.8, 4) is 0 Å². The first-order chi connectivity index (χ1) is 11.5. The lowest BCUT2D eigenvalue weighted by atomic mass is 10.0. The van der Waals surface area contributed by atoms with Crippen LogP contribution < -0.4 is 5.32 Å². The van der Waals surface area contributed by atoms with Crippen LogP contribution in [0.15, 0.2) is 22.7 Å². The van der Waals surface area contributed by atoms with E-state index in [0.29, 0.717) is 17.6 Å². The second kappa shape index (κ2) is 6.38. The molecule has 0 bridgehead atoms. The van der Waals surface area contributed by atoms with Gasteiger partial charge >= 0.3 is 5.97 Å². The quantitative estimate of drug-likeness (QED) is 0.833. The zero-order valence-corrected chi connectivity index (χ0v) is 13.4. The number of carbonyl (C=O) groups is 2. The summed E-state index contributed by atoms with van der Waals surface area (Å²) < 4.78 is 5.30. The maximum absolute atomic E-state index is 12.4. The van der Waals surface area contributed by atoms with Crippen LogP contribution in [-0.2, 0) is 0 Å². The monoisotopic (exact) mass is 330 g/mol. The SMILES string of the molecule is CC(C)[C@H](NC(=O)c1cccc(C(=O)O)n1)c1nc(C2CC2)no1. The lowest BCUT2D eigenvalue weighted by Gasteiger charge is -2.18. The largest absolute Gasteiger partial charge is 0.477 e. The Labute approximate surface area is 138 Å². The van der Waals surface area contributed by atoms with Crippen molar-refractivity contribution in [1.29, 1.82) is 0 Å². The molecule has 1 saturated carbocycles. The molecule has 126 valence electrons. The summed E-state index contributed by atoms with van der Waals surface area (Å²) in [4.78, 5) is 31.6. The van der Waals surface area contributed by atoms with Gasteiger partial charge in [0, 0.05) is 5.92 Å². The molecule has 2 aromatic rings. The highest BCUT2D eigenvalue weighted by molar-refractivity contribution is 5.94. The van der Waals surface area contributed by atoms with Crippen molar-refractivity contribution < 1.29 is 19.2 Å². The van der Waals surface area contributed by atoms with Gasteiger partial charge in [0.15, 0.2) is 5.82 Å². The Morgan fingerprint density at radius 1 is 1.25 bits per heavy atom. The van der Waals surface area contributed by atoms with Crippen LogP contribution >= 0.6 is 0 Å². The van der Waals surface area contributed by atoms with Gasteiger partial charge in [0.25, 0.3) is 5.91 Å². The zero-order chi connectivity index (χ0) is 17.3. The van der Waals surface area contributed by atoms with Crippen LogP contribution in [0.1, 0.15) is 71.3 Å². The number of nitrogens with one attached hydrogen (secondary N) is 1. The van der Waals surface area contributed by atoms with E-state index >= 15 is 0 Å². The number of rotatable bonds is 6. The third-order valence-electron chi connectivity index (χ3n) is 3.82. The average molecular weight is 330 g/mol. The molecule has 8 nitrogen and oxygen atoms in total. The first-order valence-electron chi connectivity index (χ1n) is 7.80. The molecular formula is C16H18N4O4. The molecule has 1 fully saturated rings. The fourth-order valence-corrected chi connectivity index (χ4v) is 2.29. The van der Waals surface area contributed by atoms with Crippen LogP contribution in [0.25, 0.3) is 0 Å². The normalized spacial score (nSPS) is 15.3. The minimum Gasteiger partial charge on any atom is -0.477 e. The van der Waals surface area contributed by atoms with Crippen molar-refractivity contribution in [1.82, 2.24) is 20.4 Å². The zero-order valence-electron chi connectivity index (χ0n) is 13.4. The molecule has 0 unspecified atom stereocenters. The molecule has 2 N–H and O–H groups in total. The average Bonchev–Trinajstić information content (AvgIpc) is 3.30. The molecule has 3 rings (SSSR count). The number of carboxylic acid groups (broad SMARTS) is 1. The summed E-state index contributed by atoms with van der Waals surface area (Å²) in [6.45, 7) is 3.85. The minimum atomic E-state index is -1.18. The van der Waals surface area contributed by atoms with Gasteiger partial charge in [-0.2, -0.15) is 4.98 Å². The second-order valence-electron chi connectivity index (χ2n) is 6.17. The van der Waals surface area contributed by atoms with Gasteiger partial charge in [-0.05, 0) is 30.9 Å². The van der Waals surface area contributed by atoms with Crippen molar-refractivity contribution in [3.63, 3.8) is 0 Å². The third-order valence-corrected chi connectivity index (χ3v) is 3.82. The first-order valence-corrected chi connectivity index (χ1v) is 7.80. The fraction of sp³-hybridized carbons (Fsp3) is 0.438. The number of aromatic carboxylic acids is 1. The Hall–Kier alpha value is -2.77. The highest BCUT2D eigenvalue weighted by atomic mass is 16.5. The number of amides is 1. The number of hydrogen-bond donors (Lipinski definition) is 2. The number of carbonyl (C=O) groups excluding carboxylic acids is 1. The molecule has 2 heterocycles. The van der Waals surface area contributed by atoms with Crippen molar-refractivity contribution in [3.05, 3.63) is 41.3 Å². The molecule has 0 aliphatic heterocycles. The van der Waals surface area contributed by atoms with Crippen LogP contribution in [-0.4, -0.2) is 32.1 Å². The maximum atomic E-state index is 12.4. The molecule has 8 heteroatoms. The van der Waals surface area contributed by atoms with Crippen LogP contribution in [0, 0.1) is 5.92 Å². The van der Waals surface area contributed by atoms with Gasteiger partial charge in [-0.15, -0.1) is 0 Å². The van der Waals surface area contributed by atoms with Crippen LogP contribution in [0.4, 0.5) is 0 Å². The maximum Gasteiger partial charge on any atom is 0.354 e. The minimum absolute atomic E-state index is 0.0177. The second-order valence-corrected chi connectivity index (χ2v) is 6.17. The van der Waals surface area contributed by atoms with Gasteiger partial charge in [-0.3, -0.25) is 4.79 Å². The topological polar surface area (TPSA) is 118 Å². The van der Waals surface area contributed by atoms with Gasteiger partial charge in [0.05, 0.1) is 0 Å². The Morgan fingerprint density at radius 2 is 1.96 bits per heavy atom. The molecule has 24 heavy (non-hydrogen) atoms. The summed E-state index contributed by atoms with van der Waals surface area (Å²) in [5.41, 5.74) is -0.153. The van der Waals surface area contributed by atoms with Crippen molar-refractivity contribution in [2.75, 3.05) is 0 Å². The van der Waals surface area contributed by atoms with Gasteiger partial charge in [-0.1, -0.05) is 25.1 Å². The highest BCUT2D eigenvalue weighted by Crippen LogP contribution is 2.38. The smallest absolute Gasteiger partial charge is 0.354 e. The number of pyridine rings is 1. The summed E-state index contributed by atoms with van der Waals surface area (Å²) in [5.74, 6) is -0.256. The van der Waals surface area contributed by atoms with Crippen LogP contribution in [0.2, 0.25) is 0 Å². The lowest BCUT2D eigenvalue weighted by Crippen LogP contribution is -2.32. The van der Waals surface area contributed by atoms with E-state index in [-0.39, 0.29) is 17.3 Å². The summed E-state index contributed by atoms with van der Waals surface area (Å²) in [5, 5.41) is 15.7. The molecule has 0 radical (unpaired) electrons. The fourth-order valence-electron chi connectivity index (χ4n) is 2.29. The van der Waals surface area contributed by atoms with E-state index in [9.17, 15) is 9.59 Å². The van der Waals surface area contributed by atoms with E-state index in [2.05, 4.69) is 20.4 Å². The predicted molar refractivity (Wildman–Crippen MR) is 82.5 cm³/mol. The molecule has 0 saturated heterocycles. The van der Waals surface area contributed by atoms with E-state index in [1.807, 2.05) is 13.8 Å². The molecule has 0 spiro atoms. The van der Waals surface area contributed by atoms with Gasteiger partial charge in [0.2, 0.25) is 5.89 Å². The molecule has 0 aromatic carbocycles. The summed E-state index contributed by atoms with van der Waals surface area (Å²) in [6.07, 6.45) is 2.12.